The summed E-state index contributed by atoms with van der Waals surface area (Å²) >= 11 is 0. The van der Waals surface area contributed by atoms with Gasteiger partial charge >= 0.3 is 5.97 Å². The Bertz CT molecular complexity index is 574. The zero-order chi connectivity index (χ0) is 12.8. The van der Waals surface area contributed by atoms with Crippen LogP contribution in [0.3, 0.4) is 0 Å². The van der Waals surface area contributed by atoms with Gasteiger partial charge in [0.05, 0.1) is 6.61 Å². The summed E-state index contributed by atoms with van der Waals surface area (Å²) in [6.45, 7) is 2.78. The number of ether oxygens (including phenoxy) is 1. The van der Waals surface area contributed by atoms with Crippen molar-refractivity contribution < 1.29 is 13.9 Å². The van der Waals surface area contributed by atoms with Gasteiger partial charge in [-0.3, -0.25) is 4.79 Å². The Hall–Kier alpha value is -1.91. The molecule has 0 unspecified atom stereocenters. The summed E-state index contributed by atoms with van der Waals surface area (Å²) in [6, 6.07) is 0. The van der Waals surface area contributed by atoms with Gasteiger partial charge < -0.3 is 9.72 Å². The first-order chi connectivity index (χ1) is 8.15. The largest absolute Gasteiger partial charge is 0.462 e. The van der Waals surface area contributed by atoms with Crippen LogP contribution in [0, 0.1) is 0 Å². The molecule has 0 spiro atoms. The van der Waals surface area contributed by atoms with Crippen molar-refractivity contribution in [1.29, 1.82) is 0 Å². The van der Waals surface area contributed by atoms with E-state index in [1.807, 2.05) is 0 Å². The average molecular weight is 239 g/mol. The molecule has 0 bridgehead atoms. The minimum absolute atomic E-state index is 0.114. The number of H-pyrrole nitrogens is 1. The number of hydrogen-bond donors (Lipinski definition) is 1. The normalized spacial score (nSPS) is 12.9. The van der Waals surface area contributed by atoms with Crippen molar-refractivity contribution >= 4 is 18.1 Å². The summed E-state index contributed by atoms with van der Waals surface area (Å²) in [5.41, 5.74) is -0.634. The summed E-state index contributed by atoms with van der Waals surface area (Å²) in [6.07, 6.45) is 4.06. The Kier molecular flexibility index (Phi) is 4.63. The second kappa shape index (κ2) is 5.98. The van der Waals surface area contributed by atoms with Crippen LogP contribution < -0.4 is 16.0 Å². The third-order valence-corrected chi connectivity index (χ3v) is 2.22. The van der Waals surface area contributed by atoms with Crippen molar-refractivity contribution in [2.75, 3.05) is 13.3 Å². The molecule has 17 heavy (non-hydrogen) atoms. The van der Waals surface area contributed by atoms with Crippen LogP contribution >= 0.6 is 0 Å². The number of rotatable bonds is 3. The maximum absolute atomic E-state index is 12.3. The van der Waals surface area contributed by atoms with Crippen molar-refractivity contribution in [2.45, 2.75) is 13.8 Å². The Morgan fingerprint density at radius 3 is 2.82 bits per heavy atom. The predicted octanol–water partition coefficient (Wildman–Crippen LogP) is 0.102. The lowest BCUT2D eigenvalue weighted by atomic mass is 10.2. The van der Waals surface area contributed by atoms with Gasteiger partial charge in [0, 0.05) is 16.8 Å². The van der Waals surface area contributed by atoms with Gasteiger partial charge in [-0.2, -0.15) is 0 Å². The van der Waals surface area contributed by atoms with Crippen molar-refractivity contribution in [1.82, 2.24) is 4.98 Å². The summed E-state index contributed by atoms with van der Waals surface area (Å²) in [4.78, 5) is 26.1. The zero-order valence-corrected chi connectivity index (χ0v) is 9.75. The van der Waals surface area contributed by atoms with E-state index in [4.69, 9.17) is 4.74 Å². The predicted molar refractivity (Wildman–Crippen MR) is 62.8 cm³/mol. The molecule has 4 nitrogen and oxygen atoms in total. The molecule has 0 aliphatic heterocycles. The van der Waals surface area contributed by atoms with Gasteiger partial charge in [0.15, 0.2) is 0 Å². The fourth-order valence-electron chi connectivity index (χ4n) is 1.44. The summed E-state index contributed by atoms with van der Waals surface area (Å²) < 4.78 is 17.1. The topological polar surface area (TPSA) is 59.2 Å². The number of aromatic nitrogens is 1. The first-order valence-electron chi connectivity index (χ1n) is 5.27. The smallest absolute Gasteiger partial charge is 0.343 e. The molecular weight excluding hydrogens is 225 g/mol. The molecule has 1 rings (SSSR count). The molecule has 5 heteroatoms. The van der Waals surface area contributed by atoms with Gasteiger partial charge in [0.25, 0.3) is 0 Å². The Morgan fingerprint density at radius 2 is 2.29 bits per heavy atom. The maximum Gasteiger partial charge on any atom is 0.343 e. The standard InChI is InChI=1S/C12H14FNO3/c1-3-10-8(5-6-13)11(15)9(7-14-10)12(16)17-4-2/h3,5,7,14H,4,6H2,1-2H3/b8-5+,10-3+. The highest BCUT2D eigenvalue weighted by Crippen LogP contribution is 1.89. The molecule has 0 radical (unpaired) electrons. The van der Waals surface area contributed by atoms with Crippen LogP contribution in [0.15, 0.2) is 11.0 Å². The van der Waals surface area contributed by atoms with Crippen molar-refractivity contribution in [3.8, 4) is 0 Å². The molecule has 92 valence electrons. The van der Waals surface area contributed by atoms with E-state index in [1.54, 1.807) is 19.9 Å². The first-order valence-corrected chi connectivity index (χ1v) is 5.27. The lowest BCUT2D eigenvalue weighted by molar-refractivity contribution is 0.0524. The number of nitrogens with one attached hydrogen (secondary N) is 1. The van der Waals surface area contributed by atoms with E-state index in [0.717, 1.165) is 6.08 Å². The van der Waals surface area contributed by atoms with E-state index in [0.29, 0.717) is 5.35 Å². The lowest BCUT2D eigenvalue weighted by Crippen LogP contribution is -2.44. The highest BCUT2D eigenvalue weighted by Gasteiger charge is 2.11. The van der Waals surface area contributed by atoms with Gasteiger partial charge in [0.1, 0.15) is 12.2 Å². The monoisotopic (exact) mass is 239 g/mol. The van der Waals surface area contributed by atoms with Crippen LogP contribution in [0.25, 0.3) is 12.2 Å². The van der Waals surface area contributed by atoms with Gasteiger partial charge in [-0.25, -0.2) is 9.18 Å². The van der Waals surface area contributed by atoms with E-state index in [2.05, 4.69) is 4.98 Å². The molecule has 0 aromatic carbocycles. The zero-order valence-electron chi connectivity index (χ0n) is 9.75. The molecule has 1 N–H and O–H groups in total. The SMILES string of the molecule is C/C=c1/[nH]cc(C(=O)OCC)c(=O)/c1=C/CF. The molecule has 0 amide bonds. The van der Waals surface area contributed by atoms with Crippen LogP contribution in [0.2, 0.25) is 0 Å². The summed E-state index contributed by atoms with van der Waals surface area (Å²) in [7, 11) is 0. The van der Waals surface area contributed by atoms with E-state index in [9.17, 15) is 14.0 Å². The molecule has 1 aromatic heterocycles. The minimum Gasteiger partial charge on any atom is -0.462 e. The minimum atomic E-state index is -0.768. The molecule has 1 heterocycles. The number of carbonyl (C=O) groups excluding carboxylic acids is 1. The third kappa shape index (κ3) is 2.81. The molecular formula is C12H14FNO3. The Balaban J connectivity index is 3.51. The molecule has 0 atom stereocenters. The number of pyridine rings is 1. The van der Waals surface area contributed by atoms with E-state index >= 15 is 0 Å². The van der Waals surface area contributed by atoms with Crippen molar-refractivity contribution in [3.05, 3.63) is 32.6 Å². The molecule has 0 saturated heterocycles. The molecule has 0 aliphatic carbocycles. The molecule has 0 saturated carbocycles. The van der Waals surface area contributed by atoms with E-state index in [1.165, 1.54) is 6.20 Å². The summed E-state index contributed by atoms with van der Waals surface area (Å²) in [5, 5.41) is 0.640. The first kappa shape index (κ1) is 13.2. The number of alkyl halides is 1. The van der Waals surface area contributed by atoms with Crippen LogP contribution in [-0.4, -0.2) is 24.2 Å². The fourth-order valence-corrected chi connectivity index (χ4v) is 1.44. The molecule has 0 aliphatic rings. The lowest BCUT2D eigenvalue weighted by Gasteiger charge is -2.01. The van der Waals surface area contributed by atoms with Crippen molar-refractivity contribution in [2.24, 2.45) is 0 Å². The van der Waals surface area contributed by atoms with Crippen LogP contribution in [-0.2, 0) is 4.74 Å². The second-order valence-corrected chi connectivity index (χ2v) is 3.23. The Labute approximate surface area is 97.4 Å². The van der Waals surface area contributed by atoms with Crippen LogP contribution in [0.5, 0.6) is 0 Å². The van der Waals surface area contributed by atoms with E-state index in [-0.39, 0.29) is 17.4 Å². The summed E-state index contributed by atoms with van der Waals surface area (Å²) in [5.74, 6) is -0.704. The number of carbonyl (C=O) groups is 1. The highest BCUT2D eigenvalue weighted by molar-refractivity contribution is 5.88. The molecule has 1 aromatic rings. The van der Waals surface area contributed by atoms with Gasteiger partial charge in [0.2, 0.25) is 5.43 Å². The average Bonchev–Trinajstić information content (AvgIpc) is 2.32. The Morgan fingerprint density at radius 1 is 1.59 bits per heavy atom. The number of esters is 1. The van der Waals surface area contributed by atoms with Gasteiger partial charge in [-0.1, -0.05) is 6.08 Å². The number of aromatic amines is 1. The third-order valence-electron chi connectivity index (χ3n) is 2.22. The van der Waals surface area contributed by atoms with Crippen molar-refractivity contribution in [3.63, 3.8) is 0 Å². The molecule has 0 fully saturated rings. The highest BCUT2D eigenvalue weighted by atomic mass is 19.1. The quantitative estimate of drug-likeness (QED) is 0.761. The fraction of sp³-hybridized carbons (Fsp3) is 0.333. The van der Waals surface area contributed by atoms with E-state index < -0.39 is 18.1 Å². The van der Waals surface area contributed by atoms with Crippen LogP contribution in [0.1, 0.15) is 24.2 Å². The number of hydrogen-bond acceptors (Lipinski definition) is 3. The van der Waals surface area contributed by atoms with Crippen LogP contribution in [0.4, 0.5) is 4.39 Å². The number of halogens is 1. The maximum atomic E-state index is 12.3. The van der Waals surface area contributed by atoms with Gasteiger partial charge in [-0.15, -0.1) is 0 Å². The van der Waals surface area contributed by atoms with Gasteiger partial charge in [-0.05, 0) is 19.9 Å². The second-order valence-electron chi connectivity index (χ2n) is 3.23.